The molecule has 2 heterocycles. The number of nitrogens with zero attached hydrogens (tertiary/aromatic N) is 3. The van der Waals surface area contributed by atoms with Crippen LogP contribution in [0.15, 0.2) is 18.3 Å². The molecule has 0 saturated heterocycles. The summed E-state index contributed by atoms with van der Waals surface area (Å²) in [5, 5.41) is 21.1. The minimum absolute atomic E-state index is 0.0214. The number of amides is 1. The van der Waals surface area contributed by atoms with Gasteiger partial charge in [-0.3, -0.25) is 9.78 Å². The first-order chi connectivity index (χ1) is 9.97. The highest BCUT2D eigenvalue weighted by Crippen LogP contribution is 2.18. The number of carbonyl (C=O) groups excluding carboxylic acids is 1. The van der Waals surface area contributed by atoms with Gasteiger partial charge in [0, 0.05) is 12.1 Å². The van der Waals surface area contributed by atoms with Gasteiger partial charge in [-0.05, 0) is 12.1 Å². The molecule has 0 aliphatic heterocycles. The maximum absolute atomic E-state index is 11.9. The van der Waals surface area contributed by atoms with Gasteiger partial charge in [-0.1, -0.05) is 25.2 Å². The summed E-state index contributed by atoms with van der Waals surface area (Å²) in [6.45, 7) is 4.27. The van der Waals surface area contributed by atoms with Crippen molar-refractivity contribution in [3.8, 4) is 0 Å². The van der Waals surface area contributed by atoms with Crippen LogP contribution in [0.4, 0.5) is 0 Å². The van der Waals surface area contributed by atoms with Gasteiger partial charge < -0.3 is 10.4 Å². The molecule has 7 nitrogen and oxygen atoms in total. The monoisotopic (exact) mass is 306 g/mol. The highest BCUT2D eigenvalue weighted by Gasteiger charge is 2.12. The summed E-state index contributed by atoms with van der Waals surface area (Å²) in [6.07, 6.45) is 1.29. The molecule has 0 unspecified atom stereocenters. The number of carbonyl (C=O) groups is 2. The van der Waals surface area contributed by atoms with Crippen molar-refractivity contribution < 1.29 is 14.7 Å². The Balaban J connectivity index is 2.01. The van der Waals surface area contributed by atoms with E-state index in [-0.39, 0.29) is 17.8 Å². The topological polar surface area (TPSA) is 105 Å². The molecule has 21 heavy (non-hydrogen) atoms. The quantitative estimate of drug-likeness (QED) is 0.870. The van der Waals surface area contributed by atoms with Gasteiger partial charge in [0.2, 0.25) is 0 Å². The van der Waals surface area contributed by atoms with Crippen LogP contribution in [0.5, 0.6) is 0 Å². The summed E-state index contributed by atoms with van der Waals surface area (Å²) in [7, 11) is 0. The van der Waals surface area contributed by atoms with Gasteiger partial charge in [-0.2, -0.15) is 0 Å². The van der Waals surface area contributed by atoms with Crippen molar-refractivity contribution in [1.29, 1.82) is 0 Å². The van der Waals surface area contributed by atoms with E-state index in [1.165, 1.54) is 29.7 Å². The molecule has 0 saturated carbocycles. The highest BCUT2D eigenvalue weighted by molar-refractivity contribution is 7.11. The largest absolute Gasteiger partial charge is 0.478 e. The van der Waals surface area contributed by atoms with Crippen molar-refractivity contribution in [2.45, 2.75) is 26.3 Å². The maximum atomic E-state index is 11.9. The Bertz CT molecular complexity index is 669. The molecule has 8 heteroatoms. The molecule has 1 amide bonds. The first kappa shape index (κ1) is 15.0. The van der Waals surface area contributed by atoms with Crippen molar-refractivity contribution in [2.75, 3.05) is 0 Å². The summed E-state index contributed by atoms with van der Waals surface area (Å²) >= 11 is 1.43. The lowest BCUT2D eigenvalue weighted by molar-refractivity contribution is 0.0696. The molecular weight excluding hydrogens is 292 g/mol. The van der Waals surface area contributed by atoms with Gasteiger partial charge in [0.05, 0.1) is 12.1 Å². The lowest BCUT2D eigenvalue weighted by Gasteiger charge is -2.02. The smallest absolute Gasteiger partial charge is 0.335 e. The van der Waals surface area contributed by atoms with Gasteiger partial charge in [-0.15, -0.1) is 10.2 Å². The number of pyridine rings is 1. The van der Waals surface area contributed by atoms with Crippen LogP contribution in [0.2, 0.25) is 0 Å². The van der Waals surface area contributed by atoms with Crippen LogP contribution >= 0.6 is 11.3 Å². The molecule has 110 valence electrons. The molecule has 0 fully saturated rings. The van der Waals surface area contributed by atoms with E-state index in [0.717, 1.165) is 5.01 Å². The number of rotatable bonds is 5. The van der Waals surface area contributed by atoms with Crippen LogP contribution in [0.25, 0.3) is 0 Å². The minimum atomic E-state index is -1.10. The maximum Gasteiger partial charge on any atom is 0.335 e. The summed E-state index contributed by atoms with van der Waals surface area (Å²) in [4.78, 5) is 26.6. The van der Waals surface area contributed by atoms with Crippen LogP contribution in [0, 0.1) is 0 Å². The molecule has 0 bridgehead atoms. The zero-order chi connectivity index (χ0) is 15.4. The number of hydrogen-bond acceptors (Lipinski definition) is 6. The lowest BCUT2D eigenvalue weighted by Crippen LogP contribution is -2.24. The Morgan fingerprint density at radius 2 is 2.14 bits per heavy atom. The lowest BCUT2D eigenvalue weighted by atomic mass is 10.2. The van der Waals surface area contributed by atoms with E-state index in [1.54, 1.807) is 0 Å². The van der Waals surface area contributed by atoms with E-state index in [9.17, 15) is 9.59 Å². The molecule has 2 aromatic heterocycles. The number of hydrogen-bond donors (Lipinski definition) is 2. The van der Waals surface area contributed by atoms with Crippen molar-refractivity contribution in [3.05, 3.63) is 39.6 Å². The molecule has 0 aliphatic rings. The number of aromatic carboxylic acids is 1. The molecule has 2 rings (SSSR count). The van der Waals surface area contributed by atoms with Crippen LogP contribution in [-0.2, 0) is 6.54 Å². The number of aromatic nitrogens is 3. The fraction of sp³-hybridized carbons (Fsp3) is 0.308. The first-order valence-corrected chi connectivity index (χ1v) is 7.09. The van der Waals surface area contributed by atoms with Crippen molar-refractivity contribution in [1.82, 2.24) is 20.5 Å². The van der Waals surface area contributed by atoms with E-state index in [2.05, 4.69) is 20.5 Å². The van der Waals surface area contributed by atoms with Crippen molar-refractivity contribution in [3.63, 3.8) is 0 Å². The van der Waals surface area contributed by atoms with E-state index in [4.69, 9.17) is 5.11 Å². The number of carboxylic acid groups (broad SMARTS) is 1. The van der Waals surface area contributed by atoms with Crippen LogP contribution in [0.1, 0.15) is 50.6 Å². The fourth-order valence-corrected chi connectivity index (χ4v) is 2.29. The predicted molar refractivity (Wildman–Crippen MR) is 76.4 cm³/mol. The molecule has 0 aromatic carbocycles. The number of carboxylic acids is 1. The molecule has 0 radical (unpaired) electrons. The Morgan fingerprint density at radius 3 is 2.76 bits per heavy atom. The van der Waals surface area contributed by atoms with Gasteiger partial charge >= 0.3 is 5.97 Å². The second-order valence-corrected chi connectivity index (χ2v) is 5.70. The minimum Gasteiger partial charge on any atom is -0.478 e. The average Bonchev–Trinajstić information content (AvgIpc) is 2.94. The summed E-state index contributed by atoms with van der Waals surface area (Å²) < 4.78 is 0. The summed E-state index contributed by atoms with van der Waals surface area (Å²) in [6, 6.07) is 2.57. The predicted octanol–water partition coefficient (Wildman–Crippen LogP) is 1.68. The molecule has 0 atom stereocenters. The molecule has 2 aromatic rings. The Morgan fingerprint density at radius 1 is 1.38 bits per heavy atom. The molecule has 0 aliphatic carbocycles. The second-order valence-electron chi connectivity index (χ2n) is 4.61. The molecular formula is C13H14N4O3S. The third-order valence-electron chi connectivity index (χ3n) is 2.62. The van der Waals surface area contributed by atoms with Crippen LogP contribution < -0.4 is 5.32 Å². The third-order valence-corrected chi connectivity index (χ3v) is 3.84. The molecule has 0 spiro atoms. The molecule has 2 N–H and O–H groups in total. The average molecular weight is 306 g/mol. The van der Waals surface area contributed by atoms with Gasteiger partial charge in [0.15, 0.2) is 0 Å². The number of nitrogens with one attached hydrogen (secondary N) is 1. The standard InChI is InChI=1S/C13H14N4O3S/c1-7(2)12-17-16-10(21-12)6-15-11(18)9-5-8(13(19)20)3-4-14-9/h3-5,7H,6H2,1-2H3,(H,15,18)(H,19,20). The van der Waals surface area contributed by atoms with Crippen LogP contribution in [-0.4, -0.2) is 32.2 Å². The van der Waals surface area contributed by atoms with Gasteiger partial charge in [0.1, 0.15) is 15.7 Å². The van der Waals surface area contributed by atoms with Gasteiger partial charge in [-0.25, -0.2) is 4.79 Å². The highest BCUT2D eigenvalue weighted by atomic mass is 32.1. The van der Waals surface area contributed by atoms with Crippen LogP contribution in [0.3, 0.4) is 0 Å². The third kappa shape index (κ3) is 3.82. The van der Waals surface area contributed by atoms with E-state index in [1.807, 2.05) is 13.8 Å². The Labute approximate surface area is 125 Å². The zero-order valence-corrected chi connectivity index (χ0v) is 12.3. The fourth-order valence-electron chi connectivity index (χ4n) is 1.51. The SMILES string of the molecule is CC(C)c1nnc(CNC(=O)c2cc(C(=O)O)ccn2)s1. The normalized spacial score (nSPS) is 10.6. The Hall–Kier alpha value is -2.35. The van der Waals surface area contributed by atoms with E-state index >= 15 is 0 Å². The van der Waals surface area contributed by atoms with E-state index in [0.29, 0.717) is 10.9 Å². The summed E-state index contributed by atoms with van der Waals surface area (Å²) in [5.41, 5.74) is 0.0802. The first-order valence-electron chi connectivity index (χ1n) is 6.27. The second kappa shape index (κ2) is 6.40. The van der Waals surface area contributed by atoms with Crippen molar-refractivity contribution in [2.24, 2.45) is 0 Å². The summed E-state index contributed by atoms with van der Waals surface area (Å²) in [5.74, 6) is -1.25. The van der Waals surface area contributed by atoms with E-state index < -0.39 is 11.9 Å². The zero-order valence-electron chi connectivity index (χ0n) is 11.5. The Kier molecular flexibility index (Phi) is 4.59. The van der Waals surface area contributed by atoms with Crippen molar-refractivity contribution >= 4 is 23.2 Å². The van der Waals surface area contributed by atoms with Gasteiger partial charge in [0.25, 0.3) is 5.91 Å².